The molecular weight excluding hydrogens is 338 g/mol. The number of amides is 1. The molecule has 1 amide bonds. The van der Waals surface area contributed by atoms with Crippen molar-refractivity contribution in [3.8, 4) is 5.69 Å². The minimum atomic E-state index is -0.254. The van der Waals surface area contributed by atoms with Crippen molar-refractivity contribution >= 4 is 11.7 Å². The number of aromatic nitrogens is 4. The largest absolute Gasteiger partial charge is 0.305 e. The lowest BCUT2D eigenvalue weighted by Gasteiger charge is -2.22. The van der Waals surface area contributed by atoms with Crippen LogP contribution in [0.15, 0.2) is 48.7 Å². The predicted octanol–water partition coefficient (Wildman–Crippen LogP) is 4.37. The summed E-state index contributed by atoms with van der Waals surface area (Å²) in [6.45, 7) is 12.5. The Bertz CT molecular complexity index is 939. The molecule has 6 heteroatoms. The maximum atomic E-state index is 12.8. The maximum absolute atomic E-state index is 12.8. The SMILES string of the molecule is CC(C)(C)c1cc(NC(=O)c2ccn(-c3ccccc3)n2)n(C(C)(C)C)n1. The molecule has 6 nitrogen and oxygen atoms in total. The maximum Gasteiger partial charge on any atom is 0.277 e. The van der Waals surface area contributed by atoms with E-state index in [4.69, 9.17) is 5.10 Å². The number of para-hydroxylation sites is 1. The van der Waals surface area contributed by atoms with E-state index in [0.717, 1.165) is 11.4 Å². The highest BCUT2D eigenvalue weighted by atomic mass is 16.2. The fraction of sp³-hybridized carbons (Fsp3) is 0.381. The highest BCUT2D eigenvalue weighted by Gasteiger charge is 2.26. The van der Waals surface area contributed by atoms with Gasteiger partial charge in [-0.15, -0.1) is 0 Å². The van der Waals surface area contributed by atoms with Crippen LogP contribution in [0.1, 0.15) is 57.7 Å². The molecule has 0 atom stereocenters. The number of hydrogen-bond donors (Lipinski definition) is 1. The molecule has 0 saturated heterocycles. The van der Waals surface area contributed by atoms with Crippen LogP contribution in [0.2, 0.25) is 0 Å². The number of nitrogens with one attached hydrogen (secondary N) is 1. The van der Waals surface area contributed by atoms with Crippen molar-refractivity contribution in [2.24, 2.45) is 0 Å². The summed E-state index contributed by atoms with van der Waals surface area (Å²) in [6.07, 6.45) is 1.78. The van der Waals surface area contributed by atoms with Gasteiger partial charge in [0.25, 0.3) is 5.91 Å². The average Bonchev–Trinajstić information content (AvgIpc) is 3.22. The molecule has 0 fully saturated rings. The lowest BCUT2D eigenvalue weighted by atomic mass is 9.92. The summed E-state index contributed by atoms with van der Waals surface area (Å²) < 4.78 is 3.55. The van der Waals surface area contributed by atoms with Gasteiger partial charge in [-0.3, -0.25) is 4.79 Å². The van der Waals surface area contributed by atoms with Gasteiger partial charge in [0, 0.05) is 17.7 Å². The Morgan fingerprint density at radius 2 is 1.63 bits per heavy atom. The van der Waals surface area contributed by atoms with E-state index < -0.39 is 0 Å². The summed E-state index contributed by atoms with van der Waals surface area (Å²) in [5.74, 6) is 0.419. The fourth-order valence-electron chi connectivity index (χ4n) is 2.70. The molecule has 0 aliphatic carbocycles. The van der Waals surface area contributed by atoms with E-state index in [1.165, 1.54) is 0 Å². The molecule has 3 aromatic rings. The second kappa shape index (κ2) is 6.68. The van der Waals surface area contributed by atoms with Crippen molar-refractivity contribution in [3.05, 3.63) is 60.0 Å². The first-order valence-electron chi connectivity index (χ1n) is 9.09. The van der Waals surface area contributed by atoms with E-state index in [-0.39, 0.29) is 16.9 Å². The molecular formula is C21H27N5O. The second-order valence-electron chi connectivity index (χ2n) is 8.68. The minimum Gasteiger partial charge on any atom is -0.305 e. The third-order valence-electron chi connectivity index (χ3n) is 4.20. The zero-order valence-corrected chi connectivity index (χ0v) is 16.8. The van der Waals surface area contributed by atoms with Crippen molar-refractivity contribution < 1.29 is 4.79 Å². The molecule has 0 spiro atoms. The molecule has 0 unspecified atom stereocenters. The van der Waals surface area contributed by atoms with Gasteiger partial charge in [0.15, 0.2) is 5.69 Å². The Hall–Kier alpha value is -2.89. The third kappa shape index (κ3) is 4.10. The fourth-order valence-corrected chi connectivity index (χ4v) is 2.70. The number of anilines is 1. The van der Waals surface area contributed by atoms with Gasteiger partial charge in [-0.05, 0) is 39.0 Å². The van der Waals surface area contributed by atoms with E-state index in [9.17, 15) is 4.79 Å². The molecule has 3 rings (SSSR count). The van der Waals surface area contributed by atoms with Crippen molar-refractivity contribution in [1.82, 2.24) is 19.6 Å². The van der Waals surface area contributed by atoms with Crippen LogP contribution in [-0.2, 0) is 11.0 Å². The second-order valence-corrected chi connectivity index (χ2v) is 8.68. The molecule has 0 bridgehead atoms. The number of carbonyl (C=O) groups excluding carboxylic acids is 1. The summed E-state index contributed by atoms with van der Waals surface area (Å²) in [7, 11) is 0. The van der Waals surface area contributed by atoms with Crippen LogP contribution in [0.25, 0.3) is 5.69 Å². The number of carbonyl (C=O) groups is 1. The van der Waals surface area contributed by atoms with Gasteiger partial charge in [-0.25, -0.2) is 9.36 Å². The van der Waals surface area contributed by atoms with Crippen LogP contribution in [0.3, 0.4) is 0 Å². The quantitative estimate of drug-likeness (QED) is 0.749. The van der Waals surface area contributed by atoms with Crippen molar-refractivity contribution in [1.29, 1.82) is 0 Å². The zero-order valence-electron chi connectivity index (χ0n) is 16.8. The lowest BCUT2D eigenvalue weighted by molar-refractivity contribution is 0.102. The Labute approximate surface area is 160 Å². The van der Waals surface area contributed by atoms with Crippen molar-refractivity contribution in [2.75, 3.05) is 5.32 Å². The number of benzene rings is 1. The first-order valence-corrected chi connectivity index (χ1v) is 9.09. The van der Waals surface area contributed by atoms with Gasteiger partial charge in [-0.2, -0.15) is 10.2 Å². The molecule has 0 radical (unpaired) electrons. The summed E-state index contributed by atoms with van der Waals surface area (Å²) in [6, 6.07) is 13.4. The number of hydrogen-bond acceptors (Lipinski definition) is 3. The zero-order chi connectivity index (χ0) is 19.8. The topological polar surface area (TPSA) is 64.7 Å². The lowest BCUT2D eigenvalue weighted by Crippen LogP contribution is -2.27. The molecule has 0 aliphatic heterocycles. The first kappa shape index (κ1) is 18.9. The van der Waals surface area contributed by atoms with Crippen LogP contribution >= 0.6 is 0 Å². The van der Waals surface area contributed by atoms with Crippen molar-refractivity contribution in [2.45, 2.75) is 52.5 Å². The molecule has 0 saturated carbocycles. The Kier molecular flexibility index (Phi) is 4.68. The van der Waals surface area contributed by atoms with E-state index >= 15 is 0 Å². The number of nitrogens with zero attached hydrogens (tertiary/aromatic N) is 4. The smallest absolute Gasteiger partial charge is 0.277 e. The molecule has 0 aliphatic rings. The Morgan fingerprint density at radius 1 is 0.963 bits per heavy atom. The predicted molar refractivity (Wildman–Crippen MR) is 107 cm³/mol. The summed E-state index contributed by atoms with van der Waals surface area (Å²) in [5.41, 5.74) is 1.84. The summed E-state index contributed by atoms with van der Waals surface area (Å²) >= 11 is 0. The summed E-state index contributed by atoms with van der Waals surface area (Å²) in [4.78, 5) is 12.8. The van der Waals surface area contributed by atoms with E-state index in [0.29, 0.717) is 11.5 Å². The highest BCUT2D eigenvalue weighted by Crippen LogP contribution is 2.28. The van der Waals surface area contributed by atoms with Gasteiger partial charge in [0.1, 0.15) is 5.82 Å². The molecule has 1 aromatic carbocycles. The minimum absolute atomic E-state index is 0.106. The normalized spacial score (nSPS) is 12.2. The van der Waals surface area contributed by atoms with E-state index in [2.05, 4.69) is 52.0 Å². The monoisotopic (exact) mass is 365 g/mol. The van der Waals surface area contributed by atoms with Crippen LogP contribution in [-0.4, -0.2) is 25.5 Å². The first-order chi connectivity index (χ1) is 12.6. The van der Waals surface area contributed by atoms with Crippen LogP contribution < -0.4 is 5.32 Å². The molecule has 2 aromatic heterocycles. The Morgan fingerprint density at radius 3 is 2.22 bits per heavy atom. The van der Waals surface area contributed by atoms with Crippen LogP contribution in [0, 0.1) is 0 Å². The highest BCUT2D eigenvalue weighted by molar-refractivity contribution is 6.02. The van der Waals surface area contributed by atoms with Gasteiger partial charge < -0.3 is 5.32 Å². The molecule has 27 heavy (non-hydrogen) atoms. The molecule has 142 valence electrons. The van der Waals surface area contributed by atoms with Crippen LogP contribution in [0.4, 0.5) is 5.82 Å². The van der Waals surface area contributed by atoms with Gasteiger partial charge in [0.2, 0.25) is 0 Å². The van der Waals surface area contributed by atoms with E-state index in [1.54, 1.807) is 16.9 Å². The van der Waals surface area contributed by atoms with E-state index in [1.807, 2.05) is 41.1 Å². The Balaban J connectivity index is 1.88. The molecule has 2 heterocycles. The molecule has 1 N–H and O–H groups in total. The van der Waals surface area contributed by atoms with Crippen LogP contribution in [0.5, 0.6) is 0 Å². The van der Waals surface area contributed by atoms with Crippen molar-refractivity contribution in [3.63, 3.8) is 0 Å². The van der Waals surface area contributed by atoms with Gasteiger partial charge in [0.05, 0.1) is 16.9 Å². The number of rotatable bonds is 3. The van der Waals surface area contributed by atoms with Gasteiger partial charge >= 0.3 is 0 Å². The third-order valence-corrected chi connectivity index (χ3v) is 4.20. The average molecular weight is 365 g/mol. The standard InChI is InChI=1S/C21H27N5O/c1-20(2,3)17-14-18(26(24-17)21(4,5)6)22-19(27)16-12-13-25(23-16)15-10-8-7-9-11-15/h7-14H,1-6H3,(H,22,27). The van der Waals surface area contributed by atoms with Gasteiger partial charge in [-0.1, -0.05) is 39.0 Å². The summed E-state index contributed by atoms with van der Waals surface area (Å²) in [5, 5.41) is 12.1.